The normalized spacial score (nSPS) is 14.9. The number of amides is 2. The van der Waals surface area contributed by atoms with Gasteiger partial charge in [-0.15, -0.1) is 0 Å². The molecule has 27 heavy (non-hydrogen) atoms. The number of hydrogen-bond donors (Lipinski definition) is 2. The molecule has 0 saturated carbocycles. The van der Waals surface area contributed by atoms with Crippen molar-refractivity contribution in [1.29, 1.82) is 0 Å². The lowest BCUT2D eigenvalue weighted by molar-refractivity contribution is -0.123. The molecule has 0 unspecified atom stereocenters. The van der Waals surface area contributed by atoms with Crippen molar-refractivity contribution in [3.8, 4) is 11.1 Å². The smallest absolute Gasteiger partial charge is 0.263 e. The van der Waals surface area contributed by atoms with Gasteiger partial charge in [0.05, 0.1) is 0 Å². The number of thiocarbonyl (C=S) groups is 1. The topological polar surface area (TPSA) is 58.2 Å². The standard InChI is InChI=1S/C22H22N2O2S/c1-12(2)15-9-8-13(3)19-16(10-14(4)18(19)11-15)6-5-7-17-20(25)23-22(27)24-21(17)26/h5-12H,1-4H3,(H2,23,24,25,26,27)/b6-5+. The molecule has 0 spiro atoms. The fraction of sp³-hybridized carbons (Fsp3) is 0.227. The van der Waals surface area contributed by atoms with Gasteiger partial charge in [-0.3, -0.25) is 20.2 Å². The van der Waals surface area contributed by atoms with Crippen LogP contribution >= 0.6 is 12.2 Å². The molecule has 3 rings (SSSR count). The molecule has 0 atom stereocenters. The van der Waals surface area contributed by atoms with Crippen molar-refractivity contribution in [2.45, 2.75) is 33.6 Å². The van der Waals surface area contributed by atoms with Gasteiger partial charge in [0.1, 0.15) is 5.57 Å². The Kier molecular flexibility index (Phi) is 5.24. The summed E-state index contributed by atoms with van der Waals surface area (Å²) in [6, 6.07) is 8.71. The van der Waals surface area contributed by atoms with Crippen LogP contribution in [0.2, 0.25) is 0 Å². The summed E-state index contributed by atoms with van der Waals surface area (Å²) in [6.45, 7) is 8.58. The minimum absolute atomic E-state index is 0.0351. The van der Waals surface area contributed by atoms with Crippen LogP contribution < -0.4 is 10.6 Å². The Balaban J connectivity index is 1.98. The van der Waals surface area contributed by atoms with E-state index in [1.54, 1.807) is 6.08 Å². The zero-order valence-corrected chi connectivity index (χ0v) is 16.7. The number of fused-ring (bicyclic) bond motifs is 1. The first-order valence-corrected chi connectivity index (χ1v) is 9.27. The maximum atomic E-state index is 11.9. The maximum absolute atomic E-state index is 11.9. The van der Waals surface area contributed by atoms with E-state index in [4.69, 9.17) is 12.2 Å². The highest BCUT2D eigenvalue weighted by Crippen LogP contribution is 2.36. The van der Waals surface area contributed by atoms with Crippen molar-refractivity contribution in [3.63, 3.8) is 0 Å². The minimum Gasteiger partial charge on any atom is -0.299 e. The van der Waals surface area contributed by atoms with Crippen molar-refractivity contribution in [3.05, 3.63) is 64.2 Å². The van der Waals surface area contributed by atoms with Crippen molar-refractivity contribution in [2.75, 3.05) is 0 Å². The third-order valence-electron chi connectivity index (χ3n) is 4.73. The Hall–Kier alpha value is -2.79. The summed E-state index contributed by atoms with van der Waals surface area (Å²) in [5.74, 6) is -0.519. The van der Waals surface area contributed by atoms with E-state index in [-0.39, 0.29) is 10.7 Å². The number of aryl methyl sites for hydroxylation is 2. The second kappa shape index (κ2) is 7.45. The van der Waals surface area contributed by atoms with Crippen LogP contribution in [0.1, 0.15) is 42.0 Å². The zero-order valence-electron chi connectivity index (χ0n) is 15.8. The van der Waals surface area contributed by atoms with Crippen molar-refractivity contribution in [2.24, 2.45) is 0 Å². The van der Waals surface area contributed by atoms with E-state index in [0.717, 1.165) is 5.56 Å². The monoisotopic (exact) mass is 378 g/mol. The van der Waals surface area contributed by atoms with Gasteiger partial charge in [-0.2, -0.15) is 0 Å². The second-order valence-electron chi connectivity index (χ2n) is 7.06. The van der Waals surface area contributed by atoms with Gasteiger partial charge < -0.3 is 0 Å². The lowest BCUT2D eigenvalue weighted by Gasteiger charge is -2.15. The van der Waals surface area contributed by atoms with Crippen LogP contribution in [-0.2, 0) is 9.59 Å². The van der Waals surface area contributed by atoms with Gasteiger partial charge >= 0.3 is 0 Å². The summed E-state index contributed by atoms with van der Waals surface area (Å²) in [4.78, 5) is 23.8. The van der Waals surface area contributed by atoms with Crippen LogP contribution in [0.4, 0.5) is 0 Å². The Bertz CT molecular complexity index is 964. The van der Waals surface area contributed by atoms with Crippen LogP contribution in [0.5, 0.6) is 0 Å². The van der Waals surface area contributed by atoms with Crippen molar-refractivity contribution >= 4 is 35.2 Å². The molecule has 0 radical (unpaired) electrons. The molecule has 4 nitrogen and oxygen atoms in total. The van der Waals surface area contributed by atoms with Gasteiger partial charge in [0.2, 0.25) is 0 Å². The molecule has 0 bridgehead atoms. The number of carbonyl (C=O) groups excluding carboxylic acids is 2. The quantitative estimate of drug-likeness (QED) is 0.482. The van der Waals surface area contributed by atoms with Crippen LogP contribution in [-0.4, -0.2) is 16.9 Å². The van der Waals surface area contributed by atoms with E-state index in [1.165, 1.54) is 33.9 Å². The number of rotatable bonds is 3. The molecule has 1 fully saturated rings. The maximum Gasteiger partial charge on any atom is 0.263 e. The molecule has 2 amide bonds. The van der Waals surface area contributed by atoms with Crippen LogP contribution in [0.3, 0.4) is 0 Å². The van der Waals surface area contributed by atoms with Crippen LogP contribution in [0, 0.1) is 13.8 Å². The average molecular weight is 378 g/mol. The average Bonchev–Trinajstić information content (AvgIpc) is 2.76. The zero-order chi connectivity index (χ0) is 19.7. The summed E-state index contributed by atoms with van der Waals surface area (Å²) in [6.07, 6.45) is 5.17. The first kappa shape index (κ1) is 19.0. The summed E-state index contributed by atoms with van der Waals surface area (Å²) in [7, 11) is 0. The molecular weight excluding hydrogens is 356 g/mol. The fourth-order valence-corrected chi connectivity index (χ4v) is 3.43. The predicted molar refractivity (Wildman–Crippen MR) is 113 cm³/mol. The third kappa shape index (κ3) is 3.83. The highest BCUT2D eigenvalue weighted by molar-refractivity contribution is 7.80. The Morgan fingerprint density at radius 2 is 1.67 bits per heavy atom. The van der Waals surface area contributed by atoms with Crippen molar-refractivity contribution < 1.29 is 9.59 Å². The molecule has 3 aliphatic rings. The molecule has 2 aliphatic carbocycles. The summed E-state index contributed by atoms with van der Waals surface area (Å²) >= 11 is 4.80. The molecule has 1 aliphatic heterocycles. The largest absolute Gasteiger partial charge is 0.299 e. The molecule has 0 aromatic rings. The predicted octanol–water partition coefficient (Wildman–Crippen LogP) is 4.00. The highest BCUT2D eigenvalue weighted by Gasteiger charge is 2.24. The lowest BCUT2D eigenvalue weighted by atomic mass is 10.0. The Labute approximate surface area is 164 Å². The van der Waals surface area contributed by atoms with Gasteiger partial charge in [-0.25, -0.2) is 0 Å². The van der Waals surface area contributed by atoms with Crippen molar-refractivity contribution in [1.82, 2.24) is 10.6 Å². The lowest BCUT2D eigenvalue weighted by Crippen LogP contribution is -2.51. The molecule has 0 aromatic carbocycles. The summed E-state index contributed by atoms with van der Waals surface area (Å²) in [5, 5.41) is 4.90. The van der Waals surface area contributed by atoms with Crippen LogP contribution in [0.25, 0.3) is 17.2 Å². The van der Waals surface area contributed by atoms with Gasteiger partial charge in [0.15, 0.2) is 5.11 Å². The van der Waals surface area contributed by atoms with Gasteiger partial charge in [-0.1, -0.05) is 50.3 Å². The van der Waals surface area contributed by atoms with Gasteiger partial charge in [-0.05, 0) is 71.4 Å². The summed E-state index contributed by atoms with van der Waals surface area (Å²) in [5.41, 5.74) is 7.21. The first-order chi connectivity index (χ1) is 12.8. The molecule has 1 heterocycles. The van der Waals surface area contributed by atoms with Gasteiger partial charge in [0, 0.05) is 0 Å². The Morgan fingerprint density at radius 1 is 1.00 bits per heavy atom. The summed E-state index contributed by atoms with van der Waals surface area (Å²) < 4.78 is 0. The molecule has 138 valence electrons. The van der Waals surface area contributed by atoms with E-state index < -0.39 is 11.8 Å². The third-order valence-corrected chi connectivity index (χ3v) is 4.94. The van der Waals surface area contributed by atoms with E-state index in [0.29, 0.717) is 5.92 Å². The fourth-order valence-electron chi connectivity index (χ4n) is 3.25. The van der Waals surface area contributed by atoms with E-state index in [1.807, 2.05) is 6.08 Å². The van der Waals surface area contributed by atoms with Crippen LogP contribution in [0.15, 0.2) is 42.0 Å². The number of allylic oxidation sites excluding steroid dienone is 2. The molecule has 2 N–H and O–H groups in total. The number of carbonyl (C=O) groups is 2. The minimum atomic E-state index is -0.485. The second-order valence-corrected chi connectivity index (χ2v) is 7.47. The highest BCUT2D eigenvalue weighted by atomic mass is 32.1. The Morgan fingerprint density at radius 3 is 2.30 bits per heavy atom. The first-order valence-electron chi connectivity index (χ1n) is 8.87. The SMILES string of the molecule is Cc1cc(/C=C/C=C2C(=O)NC(=S)NC2=O)c2c(C)ccc(C(C)C)cc1-2. The van der Waals surface area contributed by atoms with E-state index >= 15 is 0 Å². The molecule has 1 saturated heterocycles. The molecule has 5 heteroatoms. The number of nitrogens with one attached hydrogen (secondary N) is 2. The van der Waals surface area contributed by atoms with Gasteiger partial charge in [0.25, 0.3) is 11.8 Å². The number of hydrogen-bond acceptors (Lipinski definition) is 3. The van der Waals surface area contributed by atoms with E-state index in [9.17, 15) is 9.59 Å². The van der Waals surface area contributed by atoms with E-state index in [2.05, 4.69) is 62.6 Å². The molecule has 0 aromatic heterocycles. The molecular formula is C22H22N2O2S.